The number of halogens is 1. The van der Waals surface area contributed by atoms with E-state index in [0.717, 1.165) is 45.1 Å². The van der Waals surface area contributed by atoms with Crippen molar-refractivity contribution in [2.75, 3.05) is 44.2 Å². The Hall–Kier alpha value is -3.07. The van der Waals surface area contributed by atoms with Crippen molar-refractivity contribution in [1.82, 2.24) is 25.5 Å². The van der Waals surface area contributed by atoms with Crippen molar-refractivity contribution < 1.29 is 14.0 Å². The Bertz CT molecular complexity index is 870. The van der Waals surface area contributed by atoms with E-state index in [1.807, 2.05) is 19.9 Å². The topological polar surface area (TPSA) is 90.5 Å². The van der Waals surface area contributed by atoms with E-state index in [0.29, 0.717) is 12.1 Å². The van der Waals surface area contributed by atoms with E-state index in [1.165, 1.54) is 24.3 Å². The van der Waals surface area contributed by atoms with Gasteiger partial charge in [0.2, 0.25) is 11.9 Å². The number of nitrogens with zero attached hydrogens (tertiary/aromatic N) is 4. The predicted octanol–water partition coefficient (Wildman–Crippen LogP) is 1.70. The molecule has 0 radical (unpaired) electrons. The molecule has 0 saturated carbocycles. The number of nitrogens with one attached hydrogen (secondary N) is 2. The molecule has 1 saturated heterocycles. The zero-order valence-corrected chi connectivity index (χ0v) is 18.6. The maximum atomic E-state index is 13.1. The molecule has 9 heteroatoms. The molecular formula is C23H31FN6O2. The van der Waals surface area contributed by atoms with Crippen molar-refractivity contribution >= 4 is 17.8 Å². The van der Waals surface area contributed by atoms with Gasteiger partial charge < -0.3 is 15.5 Å². The van der Waals surface area contributed by atoms with Crippen LogP contribution in [0.5, 0.6) is 0 Å². The van der Waals surface area contributed by atoms with Gasteiger partial charge in [0.25, 0.3) is 5.91 Å². The number of hydrogen-bond donors (Lipinski definition) is 2. The zero-order valence-electron chi connectivity index (χ0n) is 18.6. The van der Waals surface area contributed by atoms with Gasteiger partial charge in [0.15, 0.2) is 0 Å². The van der Waals surface area contributed by atoms with E-state index in [2.05, 4.69) is 30.4 Å². The van der Waals surface area contributed by atoms with Crippen molar-refractivity contribution in [2.45, 2.75) is 26.3 Å². The Kier molecular flexibility index (Phi) is 8.49. The molecule has 1 aliphatic heterocycles. The molecule has 2 aromatic rings. The molecular weight excluding hydrogens is 411 g/mol. The lowest BCUT2D eigenvalue weighted by molar-refractivity contribution is -0.123. The molecule has 1 aromatic heterocycles. The Morgan fingerprint density at radius 1 is 1.06 bits per heavy atom. The van der Waals surface area contributed by atoms with Crippen LogP contribution in [0.4, 0.5) is 10.3 Å². The van der Waals surface area contributed by atoms with Crippen LogP contribution in [0.3, 0.4) is 0 Å². The van der Waals surface area contributed by atoms with Crippen molar-refractivity contribution in [1.29, 1.82) is 0 Å². The second-order valence-corrected chi connectivity index (χ2v) is 8.22. The fraction of sp³-hybridized carbons (Fsp3) is 0.478. The molecule has 0 aliphatic carbocycles. The van der Waals surface area contributed by atoms with Crippen LogP contribution in [0.25, 0.3) is 0 Å². The molecule has 1 aliphatic rings. The molecule has 32 heavy (non-hydrogen) atoms. The van der Waals surface area contributed by atoms with E-state index in [4.69, 9.17) is 0 Å². The molecule has 1 unspecified atom stereocenters. The largest absolute Gasteiger partial charge is 0.354 e. The van der Waals surface area contributed by atoms with Gasteiger partial charge in [-0.2, -0.15) is 0 Å². The van der Waals surface area contributed by atoms with Gasteiger partial charge in [-0.3, -0.25) is 14.5 Å². The molecule has 3 rings (SSSR count). The first kappa shape index (κ1) is 23.6. The Balaban J connectivity index is 1.38. The Morgan fingerprint density at radius 3 is 2.34 bits per heavy atom. The number of carbonyl (C=O) groups is 2. The molecule has 2 N–H and O–H groups in total. The smallest absolute Gasteiger partial charge is 0.251 e. The van der Waals surface area contributed by atoms with Crippen molar-refractivity contribution in [3.8, 4) is 0 Å². The summed E-state index contributed by atoms with van der Waals surface area (Å²) in [6, 6.07) is 6.43. The van der Waals surface area contributed by atoms with E-state index in [1.54, 1.807) is 12.4 Å². The number of amides is 2. The first-order chi connectivity index (χ1) is 15.4. The molecule has 8 nitrogen and oxygen atoms in total. The zero-order chi connectivity index (χ0) is 22.9. The van der Waals surface area contributed by atoms with Gasteiger partial charge in [0.1, 0.15) is 11.9 Å². The van der Waals surface area contributed by atoms with E-state index >= 15 is 0 Å². The number of piperazine rings is 1. The summed E-state index contributed by atoms with van der Waals surface area (Å²) >= 11 is 0. The van der Waals surface area contributed by atoms with Crippen LogP contribution in [0, 0.1) is 11.7 Å². The highest BCUT2D eigenvalue weighted by molar-refractivity contribution is 5.97. The first-order valence-electron chi connectivity index (χ1n) is 11.0. The number of aromatic nitrogens is 2. The third-order valence-electron chi connectivity index (χ3n) is 5.50. The molecule has 1 atom stereocenters. The fourth-order valence-corrected chi connectivity index (χ4v) is 3.61. The van der Waals surface area contributed by atoms with Gasteiger partial charge in [-0.15, -0.1) is 0 Å². The minimum absolute atomic E-state index is 0.0762. The number of anilines is 1. The maximum absolute atomic E-state index is 13.1. The van der Waals surface area contributed by atoms with Gasteiger partial charge in [-0.25, -0.2) is 14.4 Å². The van der Waals surface area contributed by atoms with Gasteiger partial charge in [-0.05, 0) is 49.2 Å². The third-order valence-corrected chi connectivity index (χ3v) is 5.50. The van der Waals surface area contributed by atoms with E-state index in [-0.39, 0.29) is 17.7 Å². The van der Waals surface area contributed by atoms with Crippen LogP contribution >= 0.6 is 0 Å². The highest BCUT2D eigenvalue weighted by Gasteiger charge is 2.24. The molecule has 2 amide bonds. The van der Waals surface area contributed by atoms with Crippen LogP contribution in [-0.2, 0) is 4.79 Å². The van der Waals surface area contributed by atoms with E-state index < -0.39 is 11.9 Å². The van der Waals surface area contributed by atoms with E-state index in [9.17, 15) is 14.0 Å². The van der Waals surface area contributed by atoms with Crippen LogP contribution in [0.15, 0.2) is 42.7 Å². The van der Waals surface area contributed by atoms with Crippen molar-refractivity contribution in [2.24, 2.45) is 5.92 Å². The summed E-state index contributed by atoms with van der Waals surface area (Å²) in [6.45, 7) is 8.79. The van der Waals surface area contributed by atoms with Crippen molar-refractivity contribution in [3.63, 3.8) is 0 Å². The summed E-state index contributed by atoms with van der Waals surface area (Å²) in [5.74, 6) is -0.315. The molecule has 1 aromatic carbocycles. The average molecular weight is 443 g/mol. The second-order valence-electron chi connectivity index (χ2n) is 8.22. The highest BCUT2D eigenvalue weighted by Crippen LogP contribution is 2.10. The molecule has 0 spiro atoms. The van der Waals surface area contributed by atoms with Crippen LogP contribution in [0.1, 0.15) is 30.6 Å². The average Bonchev–Trinajstić information content (AvgIpc) is 2.81. The Morgan fingerprint density at radius 2 is 1.72 bits per heavy atom. The summed E-state index contributed by atoms with van der Waals surface area (Å²) in [5.41, 5.74) is 0.324. The summed E-state index contributed by atoms with van der Waals surface area (Å²) in [5, 5.41) is 5.69. The molecule has 2 heterocycles. The number of carbonyl (C=O) groups excluding carboxylic acids is 2. The molecule has 0 bridgehead atoms. The summed E-state index contributed by atoms with van der Waals surface area (Å²) < 4.78 is 13.1. The quantitative estimate of drug-likeness (QED) is 0.575. The SMILES string of the molecule is CC(C)C(NC(=O)c1ccc(F)cc1)C(=O)NCCCN1CCN(c2ncccn2)CC1. The minimum Gasteiger partial charge on any atom is -0.354 e. The standard InChI is InChI=1S/C23H31FN6O2/c1-17(2)20(28-21(31)18-5-7-19(24)8-6-18)22(32)25-11-4-12-29-13-15-30(16-14-29)23-26-9-3-10-27-23/h3,5-10,17,20H,4,11-16H2,1-2H3,(H,25,32)(H,28,31). The predicted molar refractivity (Wildman–Crippen MR) is 121 cm³/mol. The molecule has 1 fully saturated rings. The summed E-state index contributed by atoms with van der Waals surface area (Å²) in [7, 11) is 0. The van der Waals surface area contributed by atoms with Gasteiger partial charge >= 0.3 is 0 Å². The molecule has 172 valence electrons. The summed E-state index contributed by atoms with van der Waals surface area (Å²) in [6.07, 6.45) is 4.33. The highest BCUT2D eigenvalue weighted by atomic mass is 19.1. The van der Waals surface area contributed by atoms with Gasteiger partial charge in [-0.1, -0.05) is 13.8 Å². The minimum atomic E-state index is -0.651. The van der Waals surface area contributed by atoms with Crippen LogP contribution < -0.4 is 15.5 Å². The fourth-order valence-electron chi connectivity index (χ4n) is 3.61. The first-order valence-corrected chi connectivity index (χ1v) is 11.0. The monoisotopic (exact) mass is 442 g/mol. The number of benzene rings is 1. The third kappa shape index (κ3) is 6.71. The normalized spacial score (nSPS) is 15.4. The maximum Gasteiger partial charge on any atom is 0.251 e. The second kappa shape index (κ2) is 11.5. The lowest BCUT2D eigenvalue weighted by Gasteiger charge is -2.34. The van der Waals surface area contributed by atoms with Crippen LogP contribution in [0.2, 0.25) is 0 Å². The number of hydrogen-bond acceptors (Lipinski definition) is 6. The van der Waals surface area contributed by atoms with Gasteiger partial charge in [0, 0.05) is 50.7 Å². The van der Waals surface area contributed by atoms with Crippen LogP contribution in [-0.4, -0.2) is 72.0 Å². The Labute approximate surface area is 188 Å². The number of rotatable bonds is 9. The summed E-state index contributed by atoms with van der Waals surface area (Å²) in [4.78, 5) is 38.2. The lowest BCUT2D eigenvalue weighted by Crippen LogP contribution is -2.50. The lowest BCUT2D eigenvalue weighted by atomic mass is 10.0. The van der Waals surface area contributed by atoms with Crippen molar-refractivity contribution in [3.05, 3.63) is 54.1 Å². The van der Waals surface area contributed by atoms with Gasteiger partial charge in [0.05, 0.1) is 0 Å².